The maximum atomic E-state index is 12.5. The number of rotatable bonds is 3. The predicted octanol–water partition coefficient (Wildman–Crippen LogP) is 4.22. The van der Waals surface area contributed by atoms with Crippen molar-refractivity contribution >= 4 is 51.7 Å². The summed E-state index contributed by atoms with van der Waals surface area (Å²) in [5.41, 5.74) is 2.33. The number of thioether (sulfide) groups is 1. The molecule has 0 aliphatic carbocycles. The van der Waals surface area contributed by atoms with E-state index in [1.165, 1.54) is 0 Å². The van der Waals surface area contributed by atoms with Gasteiger partial charge >= 0.3 is 0 Å². The highest BCUT2D eigenvalue weighted by Crippen LogP contribution is 2.25. The second-order valence-corrected chi connectivity index (χ2v) is 7.53. The van der Waals surface area contributed by atoms with Crippen LogP contribution >= 0.6 is 23.4 Å². The summed E-state index contributed by atoms with van der Waals surface area (Å²) in [4.78, 5) is 23.0. The van der Waals surface area contributed by atoms with Crippen LogP contribution in [0.1, 0.15) is 10.4 Å². The Bertz CT molecular complexity index is 942. The minimum atomic E-state index is 0.0902. The van der Waals surface area contributed by atoms with Gasteiger partial charge in [0.1, 0.15) is 5.82 Å². The minimum absolute atomic E-state index is 0.0902. The first-order valence-electron chi connectivity index (χ1n) is 8.37. The number of nitrogens with one attached hydrogen (secondary N) is 1. The van der Waals surface area contributed by atoms with Gasteiger partial charge in [-0.25, -0.2) is 4.98 Å². The average Bonchev–Trinajstić information content (AvgIpc) is 2.68. The smallest absolute Gasteiger partial charge is 0.253 e. The van der Waals surface area contributed by atoms with E-state index in [0.717, 1.165) is 41.2 Å². The molecule has 3 aromatic rings. The first-order valence-corrected chi connectivity index (χ1v) is 9.90. The summed E-state index contributed by atoms with van der Waals surface area (Å²) in [6.07, 6.45) is 0. The van der Waals surface area contributed by atoms with Gasteiger partial charge in [0.2, 0.25) is 5.28 Å². The van der Waals surface area contributed by atoms with Gasteiger partial charge in [0, 0.05) is 41.2 Å². The number of fused-ring (bicyclic) bond motifs is 1. The minimum Gasteiger partial charge on any atom is -0.340 e. The lowest BCUT2D eigenvalue weighted by Gasteiger charge is -2.26. The van der Waals surface area contributed by atoms with E-state index in [9.17, 15) is 4.79 Å². The molecule has 1 saturated heterocycles. The molecule has 0 spiro atoms. The van der Waals surface area contributed by atoms with Crippen LogP contribution < -0.4 is 5.32 Å². The molecule has 0 saturated carbocycles. The maximum Gasteiger partial charge on any atom is 0.253 e. The monoisotopic (exact) mass is 384 g/mol. The molecule has 0 atom stereocenters. The third-order valence-electron chi connectivity index (χ3n) is 4.27. The normalized spacial score (nSPS) is 14.4. The molecule has 1 fully saturated rings. The second kappa shape index (κ2) is 7.51. The molecule has 4 rings (SSSR count). The van der Waals surface area contributed by atoms with E-state index in [1.54, 1.807) is 0 Å². The first-order chi connectivity index (χ1) is 12.7. The Labute approximate surface area is 160 Å². The number of para-hydroxylation sites is 1. The quantitative estimate of drug-likeness (QED) is 0.685. The first kappa shape index (κ1) is 17.1. The van der Waals surface area contributed by atoms with Gasteiger partial charge in [-0.15, -0.1) is 0 Å². The van der Waals surface area contributed by atoms with Crippen molar-refractivity contribution in [3.63, 3.8) is 0 Å². The van der Waals surface area contributed by atoms with E-state index in [0.29, 0.717) is 11.4 Å². The van der Waals surface area contributed by atoms with Crippen molar-refractivity contribution in [3.05, 3.63) is 59.4 Å². The average molecular weight is 385 g/mol. The third-order valence-corrected chi connectivity index (χ3v) is 5.38. The van der Waals surface area contributed by atoms with Crippen molar-refractivity contribution < 1.29 is 4.79 Å². The Kier molecular flexibility index (Phi) is 4.95. The van der Waals surface area contributed by atoms with Crippen molar-refractivity contribution in [1.82, 2.24) is 14.9 Å². The number of hydrogen-bond donors (Lipinski definition) is 1. The number of carbonyl (C=O) groups is 1. The number of amides is 1. The fourth-order valence-corrected chi connectivity index (χ4v) is 4.00. The summed E-state index contributed by atoms with van der Waals surface area (Å²) in [5, 5.41) is 4.36. The van der Waals surface area contributed by atoms with Crippen LogP contribution in [-0.4, -0.2) is 45.4 Å². The third kappa shape index (κ3) is 3.61. The SMILES string of the molecule is O=C(c1ccc(Nc2nc(Cl)nc3ccccc23)cc1)N1CCSCC1. The topological polar surface area (TPSA) is 58.1 Å². The largest absolute Gasteiger partial charge is 0.340 e. The lowest BCUT2D eigenvalue weighted by molar-refractivity contribution is 0.0772. The molecule has 0 radical (unpaired) electrons. The number of anilines is 2. The molecule has 26 heavy (non-hydrogen) atoms. The van der Waals surface area contributed by atoms with Gasteiger partial charge in [-0.1, -0.05) is 12.1 Å². The Morgan fingerprint density at radius 2 is 1.77 bits per heavy atom. The summed E-state index contributed by atoms with van der Waals surface area (Å²) < 4.78 is 0. The van der Waals surface area contributed by atoms with Gasteiger partial charge in [-0.2, -0.15) is 16.7 Å². The standard InChI is InChI=1S/C19H17ClN4OS/c20-19-22-16-4-2-1-3-15(16)17(23-19)21-14-7-5-13(6-8-14)18(25)24-9-11-26-12-10-24/h1-8H,9-12H2,(H,21,22,23). The Morgan fingerprint density at radius 3 is 2.54 bits per heavy atom. The second-order valence-electron chi connectivity index (χ2n) is 5.97. The highest BCUT2D eigenvalue weighted by Gasteiger charge is 2.18. The van der Waals surface area contributed by atoms with E-state index < -0.39 is 0 Å². The highest BCUT2D eigenvalue weighted by atomic mass is 35.5. The molecule has 132 valence electrons. The molecule has 0 bridgehead atoms. The van der Waals surface area contributed by atoms with Crippen molar-refractivity contribution in [3.8, 4) is 0 Å². The van der Waals surface area contributed by atoms with Crippen LogP contribution in [0.15, 0.2) is 48.5 Å². The number of nitrogens with zero attached hydrogens (tertiary/aromatic N) is 3. The summed E-state index contributed by atoms with van der Waals surface area (Å²) >= 11 is 7.92. The van der Waals surface area contributed by atoms with E-state index in [2.05, 4.69) is 15.3 Å². The van der Waals surface area contributed by atoms with Crippen molar-refractivity contribution in [1.29, 1.82) is 0 Å². The van der Waals surface area contributed by atoms with Crippen LogP contribution in [0.3, 0.4) is 0 Å². The Balaban J connectivity index is 1.55. The number of aromatic nitrogens is 2. The van der Waals surface area contributed by atoms with E-state index in [-0.39, 0.29) is 11.2 Å². The number of halogens is 1. The van der Waals surface area contributed by atoms with E-state index >= 15 is 0 Å². The van der Waals surface area contributed by atoms with Crippen molar-refractivity contribution in [2.75, 3.05) is 29.9 Å². The molecular formula is C19H17ClN4OS. The lowest BCUT2D eigenvalue weighted by Crippen LogP contribution is -2.37. The van der Waals surface area contributed by atoms with Crippen LogP contribution in [0.5, 0.6) is 0 Å². The van der Waals surface area contributed by atoms with Crippen LogP contribution in [0.4, 0.5) is 11.5 Å². The molecule has 1 aliphatic heterocycles. The fourth-order valence-electron chi connectivity index (χ4n) is 2.93. The molecule has 2 aromatic carbocycles. The molecular weight excluding hydrogens is 368 g/mol. The van der Waals surface area contributed by atoms with E-state index in [1.807, 2.05) is 65.2 Å². The zero-order valence-corrected chi connectivity index (χ0v) is 15.6. The molecule has 2 heterocycles. The van der Waals surface area contributed by atoms with Crippen molar-refractivity contribution in [2.24, 2.45) is 0 Å². The zero-order chi connectivity index (χ0) is 17.9. The molecule has 1 aromatic heterocycles. The van der Waals surface area contributed by atoms with E-state index in [4.69, 9.17) is 11.6 Å². The maximum absolute atomic E-state index is 12.5. The summed E-state index contributed by atoms with van der Waals surface area (Å²) in [7, 11) is 0. The Hall–Kier alpha value is -2.31. The summed E-state index contributed by atoms with van der Waals surface area (Å²) in [6, 6.07) is 15.1. The van der Waals surface area contributed by atoms with Gasteiger partial charge in [-0.05, 0) is 48.0 Å². The number of carbonyl (C=O) groups excluding carboxylic acids is 1. The van der Waals surface area contributed by atoms with Crippen molar-refractivity contribution in [2.45, 2.75) is 0 Å². The molecule has 0 unspecified atom stereocenters. The van der Waals surface area contributed by atoms with Gasteiger partial charge in [0.15, 0.2) is 0 Å². The van der Waals surface area contributed by atoms with Crippen LogP contribution in [0.2, 0.25) is 5.28 Å². The predicted molar refractivity (Wildman–Crippen MR) is 108 cm³/mol. The molecule has 1 aliphatic rings. The Morgan fingerprint density at radius 1 is 1.04 bits per heavy atom. The van der Waals surface area contributed by atoms with Crippen LogP contribution in [0, 0.1) is 0 Å². The number of benzene rings is 2. The molecule has 7 heteroatoms. The fraction of sp³-hybridized carbons (Fsp3) is 0.211. The summed E-state index contributed by atoms with van der Waals surface area (Å²) in [5.74, 6) is 2.75. The van der Waals surface area contributed by atoms with Crippen LogP contribution in [-0.2, 0) is 0 Å². The van der Waals surface area contributed by atoms with Gasteiger partial charge < -0.3 is 10.2 Å². The highest BCUT2D eigenvalue weighted by molar-refractivity contribution is 7.99. The summed E-state index contributed by atoms with van der Waals surface area (Å²) in [6.45, 7) is 1.63. The van der Waals surface area contributed by atoms with Crippen LogP contribution in [0.25, 0.3) is 10.9 Å². The number of hydrogen-bond acceptors (Lipinski definition) is 5. The van der Waals surface area contributed by atoms with Gasteiger partial charge in [0.25, 0.3) is 5.91 Å². The molecule has 1 amide bonds. The zero-order valence-electron chi connectivity index (χ0n) is 14.0. The molecule has 1 N–H and O–H groups in total. The lowest BCUT2D eigenvalue weighted by atomic mass is 10.1. The van der Waals surface area contributed by atoms with Gasteiger partial charge in [-0.3, -0.25) is 4.79 Å². The van der Waals surface area contributed by atoms with Gasteiger partial charge in [0.05, 0.1) is 5.52 Å². The molecule has 5 nitrogen and oxygen atoms in total.